The molecule has 0 heterocycles. The molecule has 0 amide bonds. The van der Waals surface area contributed by atoms with Crippen LogP contribution in [0.1, 0.15) is 18.9 Å². The smallest absolute Gasteiger partial charge is 0.129 e. The molecule has 0 aliphatic rings. The number of thiol groups is 1. The molecule has 0 fully saturated rings. The second-order valence-corrected chi connectivity index (χ2v) is 3.34. The summed E-state index contributed by atoms with van der Waals surface area (Å²) in [6.45, 7) is 3.03. The van der Waals surface area contributed by atoms with Gasteiger partial charge in [-0.05, 0) is 18.6 Å². The summed E-state index contributed by atoms with van der Waals surface area (Å²) in [7, 11) is 0. The molecule has 0 aliphatic carbocycles. The zero-order chi connectivity index (χ0) is 9.68. The van der Waals surface area contributed by atoms with Crippen LogP contribution >= 0.6 is 12.6 Å². The van der Waals surface area contributed by atoms with Gasteiger partial charge in [0.15, 0.2) is 0 Å². The maximum absolute atomic E-state index is 13.1. The highest BCUT2D eigenvalue weighted by Gasteiger charge is 2.01. The van der Waals surface area contributed by atoms with Crippen LogP contribution in [-0.2, 0) is 11.3 Å². The van der Waals surface area contributed by atoms with E-state index in [4.69, 9.17) is 4.74 Å². The Hall–Kier alpha value is -0.540. The fourth-order valence-corrected chi connectivity index (χ4v) is 1.17. The fraction of sp³-hybridized carbons (Fsp3) is 0.400. The van der Waals surface area contributed by atoms with E-state index in [-0.39, 0.29) is 5.82 Å². The highest BCUT2D eigenvalue weighted by Crippen LogP contribution is 2.13. The second kappa shape index (κ2) is 5.25. The standard InChI is InChI=1S/C10H13FOS/c1-2-5-12-7-8-3-4-9(13)6-10(8)11/h3-4,6,13H,2,5,7H2,1H3. The molecule has 0 spiro atoms. The van der Waals surface area contributed by atoms with Gasteiger partial charge >= 0.3 is 0 Å². The van der Waals surface area contributed by atoms with Crippen molar-refractivity contribution in [3.63, 3.8) is 0 Å². The van der Waals surface area contributed by atoms with Crippen molar-refractivity contribution >= 4 is 12.6 Å². The predicted octanol–water partition coefficient (Wildman–Crippen LogP) is 3.04. The predicted molar refractivity (Wildman–Crippen MR) is 53.6 cm³/mol. The van der Waals surface area contributed by atoms with Crippen LogP contribution in [0.25, 0.3) is 0 Å². The Balaban J connectivity index is 2.56. The molecule has 0 unspecified atom stereocenters. The van der Waals surface area contributed by atoms with E-state index >= 15 is 0 Å². The summed E-state index contributed by atoms with van der Waals surface area (Å²) < 4.78 is 18.4. The third kappa shape index (κ3) is 3.36. The van der Waals surface area contributed by atoms with Crippen molar-refractivity contribution in [2.45, 2.75) is 24.8 Å². The first-order valence-corrected chi connectivity index (χ1v) is 4.74. The lowest BCUT2D eigenvalue weighted by molar-refractivity contribution is 0.119. The van der Waals surface area contributed by atoms with E-state index in [1.165, 1.54) is 6.07 Å². The Morgan fingerprint density at radius 1 is 1.46 bits per heavy atom. The summed E-state index contributed by atoms with van der Waals surface area (Å²) in [5.74, 6) is -0.247. The average Bonchev–Trinajstić information content (AvgIpc) is 2.09. The molecular formula is C10H13FOS. The van der Waals surface area contributed by atoms with Gasteiger partial charge in [0.05, 0.1) is 6.61 Å². The Labute approximate surface area is 83.3 Å². The lowest BCUT2D eigenvalue weighted by Crippen LogP contribution is -1.96. The first kappa shape index (κ1) is 10.5. The van der Waals surface area contributed by atoms with Crippen LogP contribution in [0, 0.1) is 5.82 Å². The topological polar surface area (TPSA) is 9.23 Å². The zero-order valence-electron chi connectivity index (χ0n) is 7.59. The van der Waals surface area contributed by atoms with E-state index in [2.05, 4.69) is 12.6 Å². The molecule has 72 valence electrons. The molecular weight excluding hydrogens is 187 g/mol. The Morgan fingerprint density at radius 3 is 2.85 bits per heavy atom. The van der Waals surface area contributed by atoms with Crippen molar-refractivity contribution in [2.24, 2.45) is 0 Å². The fourth-order valence-electron chi connectivity index (χ4n) is 0.980. The third-order valence-corrected chi connectivity index (χ3v) is 1.92. The van der Waals surface area contributed by atoms with Crippen molar-refractivity contribution < 1.29 is 9.13 Å². The zero-order valence-corrected chi connectivity index (χ0v) is 8.48. The summed E-state index contributed by atoms with van der Waals surface area (Å²) >= 11 is 4.03. The van der Waals surface area contributed by atoms with E-state index in [1.807, 2.05) is 6.92 Å². The maximum atomic E-state index is 13.1. The largest absolute Gasteiger partial charge is 0.377 e. The highest BCUT2D eigenvalue weighted by atomic mass is 32.1. The molecule has 0 saturated carbocycles. The number of ether oxygens (including phenoxy) is 1. The quantitative estimate of drug-likeness (QED) is 0.580. The van der Waals surface area contributed by atoms with Crippen molar-refractivity contribution in [1.29, 1.82) is 0 Å². The maximum Gasteiger partial charge on any atom is 0.129 e. The molecule has 0 atom stereocenters. The average molecular weight is 200 g/mol. The molecule has 0 bridgehead atoms. The first-order chi connectivity index (χ1) is 6.24. The molecule has 0 saturated heterocycles. The molecule has 1 aromatic rings. The highest BCUT2D eigenvalue weighted by molar-refractivity contribution is 7.80. The SMILES string of the molecule is CCCOCc1ccc(S)cc1F. The number of rotatable bonds is 4. The summed E-state index contributed by atoms with van der Waals surface area (Å²) in [4.78, 5) is 0.636. The molecule has 1 rings (SSSR count). The van der Waals surface area contributed by atoms with Crippen LogP contribution < -0.4 is 0 Å². The number of hydrogen-bond donors (Lipinski definition) is 1. The number of benzene rings is 1. The molecule has 0 aromatic heterocycles. The minimum atomic E-state index is -0.247. The van der Waals surface area contributed by atoms with Crippen LogP contribution in [0.2, 0.25) is 0 Å². The Kier molecular flexibility index (Phi) is 4.25. The van der Waals surface area contributed by atoms with Gasteiger partial charge in [0, 0.05) is 17.1 Å². The summed E-state index contributed by atoms with van der Waals surface area (Å²) in [6.07, 6.45) is 0.951. The van der Waals surface area contributed by atoms with Crippen LogP contribution in [0.4, 0.5) is 4.39 Å². The number of hydrogen-bond acceptors (Lipinski definition) is 2. The lowest BCUT2D eigenvalue weighted by atomic mass is 10.2. The summed E-state index contributed by atoms with van der Waals surface area (Å²) in [5.41, 5.74) is 0.589. The lowest BCUT2D eigenvalue weighted by Gasteiger charge is -2.04. The van der Waals surface area contributed by atoms with E-state index in [0.29, 0.717) is 23.7 Å². The van der Waals surface area contributed by atoms with Crippen LogP contribution in [0.3, 0.4) is 0 Å². The van der Waals surface area contributed by atoms with Crippen molar-refractivity contribution in [3.05, 3.63) is 29.6 Å². The van der Waals surface area contributed by atoms with Gasteiger partial charge in [-0.15, -0.1) is 12.6 Å². The third-order valence-electron chi connectivity index (χ3n) is 1.64. The van der Waals surface area contributed by atoms with Gasteiger partial charge in [-0.3, -0.25) is 0 Å². The Morgan fingerprint density at radius 2 is 2.23 bits per heavy atom. The molecule has 0 aliphatic heterocycles. The van der Waals surface area contributed by atoms with Gasteiger partial charge in [-0.1, -0.05) is 13.0 Å². The summed E-state index contributed by atoms with van der Waals surface area (Å²) in [6, 6.07) is 4.86. The normalized spacial score (nSPS) is 10.4. The minimum Gasteiger partial charge on any atom is -0.377 e. The molecule has 1 nitrogen and oxygen atoms in total. The van der Waals surface area contributed by atoms with Gasteiger partial charge in [0.1, 0.15) is 5.82 Å². The molecule has 3 heteroatoms. The van der Waals surface area contributed by atoms with E-state index in [1.54, 1.807) is 12.1 Å². The molecule has 0 radical (unpaired) electrons. The van der Waals surface area contributed by atoms with Crippen LogP contribution in [0.5, 0.6) is 0 Å². The Bertz CT molecular complexity index is 276. The molecule has 1 aromatic carbocycles. The first-order valence-electron chi connectivity index (χ1n) is 4.29. The molecule has 0 N–H and O–H groups in total. The van der Waals surface area contributed by atoms with E-state index in [0.717, 1.165) is 6.42 Å². The van der Waals surface area contributed by atoms with E-state index < -0.39 is 0 Å². The number of halogens is 1. The van der Waals surface area contributed by atoms with Gasteiger partial charge in [-0.2, -0.15) is 0 Å². The van der Waals surface area contributed by atoms with Crippen molar-refractivity contribution in [3.8, 4) is 0 Å². The van der Waals surface area contributed by atoms with Gasteiger partial charge in [-0.25, -0.2) is 4.39 Å². The van der Waals surface area contributed by atoms with Gasteiger partial charge in [0.25, 0.3) is 0 Å². The van der Waals surface area contributed by atoms with E-state index in [9.17, 15) is 4.39 Å². The van der Waals surface area contributed by atoms with Crippen LogP contribution in [-0.4, -0.2) is 6.61 Å². The van der Waals surface area contributed by atoms with Crippen molar-refractivity contribution in [1.82, 2.24) is 0 Å². The monoisotopic (exact) mass is 200 g/mol. The molecule has 13 heavy (non-hydrogen) atoms. The van der Waals surface area contributed by atoms with Gasteiger partial charge in [0.2, 0.25) is 0 Å². The van der Waals surface area contributed by atoms with Gasteiger partial charge < -0.3 is 4.74 Å². The van der Waals surface area contributed by atoms with Crippen molar-refractivity contribution in [2.75, 3.05) is 6.61 Å². The summed E-state index contributed by atoms with van der Waals surface area (Å²) in [5, 5.41) is 0. The van der Waals surface area contributed by atoms with Crippen LogP contribution in [0.15, 0.2) is 23.1 Å². The second-order valence-electron chi connectivity index (χ2n) is 2.83. The minimum absolute atomic E-state index is 0.247.